The van der Waals surface area contributed by atoms with Gasteiger partial charge in [0, 0.05) is 12.5 Å². The lowest BCUT2D eigenvalue weighted by Gasteiger charge is -2.42. The van der Waals surface area contributed by atoms with Gasteiger partial charge in [-0.2, -0.15) is 0 Å². The minimum absolute atomic E-state index is 0.0298. The monoisotopic (exact) mass is 268 g/mol. The summed E-state index contributed by atoms with van der Waals surface area (Å²) < 4.78 is 10.5. The van der Waals surface area contributed by atoms with Crippen molar-refractivity contribution in [3.05, 3.63) is 17.5 Å². The molecule has 1 aromatic heterocycles. The summed E-state index contributed by atoms with van der Waals surface area (Å²) in [6.07, 6.45) is 0.763. The van der Waals surface area contributed by atoms with E-state index in [1.54, 1.807) is 13.8 Å². The molecule has 0 unspecified atom stereocenters. The molecule has 108 valence electrons. The second-order valence-corrected chi connectivity index (χ2v) is 6.47. The highest BCUT2D eigenvalue weighted by Gasteiger charge is 2.39. The summed E-state index contributed by atoms with van der Waals surface area (Å²) in [5, 5.41) is 17.5. The zero-order valence-corrected chi connectivity index (χ0v) is 12.2. The average Bonchev–Trinajstić information content (AvgIpc) is 2.69. The van der Waals surface area contributed by atoms with Crippen LogP contribution in [0, 0.1) is 5.92 Å². The van der Waals surface area contributed by atoms with Gasteiger partial charge in [-0.15, -0.1) is 0 Å². The van der Waals surface area contributed by atoms with Crippen LogP contribution in [0.15, 0.2) is 10.6 Å². The topological polar surface area (TPSA) is 67.5 Å². The molecule has 2 rings (SSSR count). The van der Waals surface area contributed by atoms with Gasteiger partial charge in [0.2, 0.25) is 0 Å². The standard InChI is InChI=1S/C14H24N2O3/c1-10(2)7-15-14(8-18-9-14)6-11-5-12(19-16-11)13(3,4)17/h5,10,15,17H,6-9H2,1-4H3. The van der Waals surface area contributed by atoms with Crippen molar-refractivity contribution in [1.29, 1.82) is 0 Å². The van der Waals surface area contributed by atoms with E-state index < -0.39 is 5.60 Å². The van der Waals surface area contributed by atoms with Crippen LogP contribution in [0.25, 0.3) is 0 Å². The largest absolute Gasteiger partial charge is 0.382 e. The second kappa shape index (κ2) is 5.23. The number of aromatic nitrogens is 1. The Hall–Kier alpha value is -0.910. The number of nitrogens with one attached hydrogen (secondary N) is 1. The van der Waals surface area contributed by atoms with Crippen LogP contribution in [0.2, 0.25) is 0 Å². The van der Waals surface area contributed by atoms with Crippen molar-refractivity contribution < 1.29 is 14.4 Å². The molecule has 19 heavy (non-hydrogen) atoms. The Labute approximate surface area is 114 Å². The third-order valence-corrected chi connectivity index (χ3v) is 3.32. The molecule has 5 heteroatoms. The van der Waals surface area contributed by atoms with Gasteiger partial charge in [-0.05, 0) is 26.3 Å². The van der Waals surface area contributed by atoms with E-state index in [2.05, 4.69) is 24.3 Å². The highest BCUT2D eigenvalue weighted by Crippen LogP contribution is 2.25. The van der Waals surface area contributed by atoms with Crippen LogP contribution in [0.1, 0.15) is 39.1 Å². The highest BCUT2D eigenvalue weighted by molar-refractivity contribution is 5.15. The highest BCUT2D eigenvalue weighted by atomic mass is 16.5. The molecule has 0 radical (unpaired) electrons. The average molecular weight is 268 g/mol. The van der Waals surface area contributed by atoms with E-state index in [1.807, 2.05) is 6.07 Å². The Kier molecular flexibility index (Phi) is 3.99. The maximum atomic E-state index is 9.87. The predicted octanol–water partition coefficient (Wildman–Crippen LogP) is 1.46. The number of hydrogen-bond acceptors (Lipinski definition) is 5. The molecule has 1 aromatic rings. The van der Waals surface area contributed by atoms with Crippen molar-refractivity contribution in [2.45, 2.75) is 45.3 Å². The minimum Gasteiger partial charge on any atom is -0.382 e. The Morgan fingerprint density at radius 2 is 2.16 bits per heavy atom. The zero-order chi connectivity index (χ0) is 14.1. The first-order chi connectivity index (χ1) is 8.81. The minimum atomic E-state index is -0.986. The Morgan fingerprint density at radius 3 is 2.58 bits per heavy atom. The lowest BCUT2D eigenvalue weighted by Crippen LogP contribution is -2.62. The first kappa shape index (κ1) is 14.5. The molecule has 2 N–H and O–H groups in total. The molecule has 0 aliphatic carbocycles. The first-order valence-electron chi connectivity index (χ1n) is 6.82. The van der Waals surface area contributed by atoms with Crippen LogP contribution in [0.4, 0.5) is 0 Å². The molecule has 2 heterocycles. The lowest BCUT2D eigenvalue weighted by molar-refractivity contribution is -0.0755. The summed E-state index contributed by atoms with van der Waals surface area (Å²) in [5.41, 5.74) is -0.158. The van der Waals surface area contributed by atoms with E-state index in [9.17, 15) is 5.11 Å². The smallest absolute Gasteiger partial charge is 0.167 e. The number of aliphatic hydroxyl groups is 1. The third-order valence-electron chi connectivity index (χ3n) is 3.32. The van der Waals surface area contributed by atoms with Crippen LogP contribution < -0.4 is 5.32 Å². The molecular weight excluding hydrogens is 244 g/mol. The summed E-state index contributed by atoms with van der Waals surface area (Å²) in [6.45, 7) is 10.1. The molecule has 5 nitrogen and oxygen atoms in total. The Morgan fingerprint density at radius 1 is 1.47 bits per heavy atom. The molecule has 0 aromatic carbocycles. The van der Waals surface area contributed by atoms with Crippen LogP contribution in [0.3, 0.4) is 0 Å². The van der Waals surface area contributed by atoms with Gasteiger partial charge in [-0.1, -0.05) is 19.0 Å². The van der Waals surface area contributed by atoms with Gasteiger partial charge in [0.1, 0.15) is 5.60 Å². The van der Waals surface area contributed by atoms with E-state index >= 15 is 0 Å². The molecule has 1 aliphatic rings. The fourth-order valence-corrected chi connectivity index (χ4v) is 2.07. The summed E-state index contributed by atoms with van der Waals surface area (Å²) in [7, 11) is 0. The van der Waals surface area contributed by atoms with Crippen molar-refractivity contribution in [2.75, 3.05) is 19.8 Å². The third kappa shape index (κ3) is 3.55. The van der Waals surface area contributed by atoms with Gasteiger partial charge in [0.15, 0.2) is 5.76 Å². The normalized spacial score (nSPS) is 18.6. The number of rotatable bonds is 6. The van der Waals surface area contributed by atoms with Crippen molar-refractivity contribution in [3.8, 4) is 0 Å². The van der Waals surface area contributed by atoms with Gasteiger partial charge in [-0.3, -0.25) is 0 Å². The van der Waals surface area contributed by atoms with E-state index in [0.29, 0.717) is 24.9 Å². The van der Waals surface area contributed by atoms with E-state index in [0.717, 1.165) is 18.7 Å². The SMILES string of the molecule is CC(C)CNC1(Cc2cc(C(C)(C)O)on2)COC1. The van der Waals surface area contributed by atoms with E-state index in [1.165, 1.54) is 0 Å². The maximum absolute atomic E-state index is 9.87. The summed E-state index contributed by atoms with van der Waals surface area (Å²) >= 11 is 0. The van der Waals surface area contributed by atoms with Gasteiger partial charge in [0.25, 0.3) is 0 Å². The Balaban J connectivity index is 2.00. The summed E-state index contributed by atoms with van der Waals surface area (Å²) in [6, 6.07) is 1.83. The number of hydrogen-bond donors (Lipinski definition) is 2. The van der Waals surface area contributed by atoms with Gasteiger partial charge >= 0.3 is 0 Å². The van der Waals surface area contributed by atoms with Crippen molar-refractivity contribution in [2.24, 2.45) is 5.92 Å². The number of nitrogens with zero attached hydrogens (tertiary/aromatic N) is 1. The fraction of sp³-hybridized carbons (Fsp3) is 0.786. The quantitative estimate of drug-likeness (QED) is 0.817. The summed E-state index contributed by atoms with van der Waals surface area (Å²) in [5.74, 6) is 1.10. The molecule has 0 amide bonds. The van der Waals surface area contributed by atoms with Crippen LogP contribution in [-0.2, 0) is 16.8 Å². The van der Waals surface area contributed by atoms with E-state index in [4.69, 9.17) is 9.26 Å². The molecule has 1 fully saturated rings. The van der Waals surface area contributed by atoms with Crippen LogP contribution in [0.5, 0.6) is 0 Å². The van der Waals surface area contributed by atoms with Crippen LogP contribution in [-0.4, -0.2) is 35.6 Å². The van der Waals surface area contributed by atoms with Crippen molar-refractivity contribution >= 4 is 0 Å². The molecule has 0 atom stereocenters. The molecule has 1 saturated heterocycles. The first-order valence-corrected chi connectivity index (χ1v) is 6.82. The van der Waals surface area contributed by atoms with Crippen molar-refractivity contribution in [1.82, 2.24) is 10.5 Å². The van der Waals surface area contributed by atoms with Gasteiger partial charge in [0.05, 0.1) is 24.4 Å². The van der Waals surface area contributed by atoms with Gasteiger partial charge < -0.3 is 19.7 Å². The molecule has 0 bridgehead atoms. The van der Waals surface area contributed by atoms with Gasteiger partial charge in [-0.25, -0.2) is 0 Å². The van der Waals surface area contributed by atoms with Crippen LogP contribution >= 0.6 is 0 Å². The number of ether oxygens (including phenoxy) is 1. The zero-order valence-electron chi connectivity index (χ0n) is 12.2. The molecule has 1 aliphatic heterocycles. The maximum Gasteiger partial charge on any atom is 0.167 e. The fourth-order valence-electron chi connectivity index (χ4n) is 2.07. The molecular formula is C14H24N2O3. The van der Waals surface area contributed by atoms with Crippen molar-refractivity contribution in [3.63, 3.8) is 0 Å². The lowest BCUT2D eigenvalue weighted by atomic mass is 9.90. The molecule has 0 spiro atoms. The summed E-state index contributed by atoms with van der Waals surface area (Å²) in [4.78, 5) is 0. The van der Waals surface area contributed by atoms with E-state index in [-0.39, 0.29) is 5.54 Å². The molecule has 0 saturated carbocycles. The predicted molar refractivity (Wildman–Crippen MR) is 71.8 cm³/mol. The Bertz CT molecular complexity index is 417. The second-order valence-electron chi connectivity index (χ2n) is 6.47.